The fourth-order valence-corrected chi connectivity index (χ4v) is 2.78. The minimum absolute atomic E-state index is 0.247. The highest BCUT2D eigenvalue weighted by Gasteiger charge is 2.31. The fraction of sp³-hybridized carbons (Fsp3) is 0.0667. The second kappa shape index (κ2) is 6.08. The maximum atomic E-state index is 12.2. The summed E-state index contributed by atoms with van der Waals surface area (Å²) in [5.74, 6) is -0.804. The number of ether oxygens (including phenoxy) is 1. The number of aromatic nitrogens is 1. The largest absolute Gasteiger partial charge is 0.573 e. The van der Waals surface area contributed by atoms with Gasteiger partial charge in [-0.25, -0.2) is 0 Å². The molecule has 1 aromatic carbocycles. The number of imide groups is 1. The van der Waals surface area contributed by atoms with E-state index in [2.05, 4.69) is 10.1 Å². The third-order valence-electron chi connectivity index (χ3n) is 3.05. The number of carbonyl (C=O) groups excluding carboxylic acids is 2. The molecule has 1 aromatic heterocycles. The number of amides is 2. The number of nitrogens with one attached hydrogen (secondary N) is 1. The Labute approximate surface area is 138 Å². The minimum Gasteiger partial charge on any atom is -0.406 e. The Morgan fingerprint density at radius 3 is 2.42 bits per heavy atom. The van der Waals surface area contributed by atoms with E-state index < -0.39 is 17.5 Å². The Kier molecular flexibility index (Phi) is 4.10. The van der Waals surface area contributed by atoms with Gasteiger partial charge in [-0.05, 0) is 54.2 Å². The van der Waals surface area contributed by atoms with E-state index in [1.807, 2.05) is 0 Å². The maximum absolute atomic E-state index is 12.2. The highest BCUT2D eigenvalue weighted by atomic mass is 32.2. The highest BCUT2D eigenvalue weighted by Crippen LogP contribution is 2.28. The third kappa shape index (κ3) is 3.62. The lowest BCUT2D eigenvalue weighted by molar-refractivity contribution is -0.274. The van der Waals surface area contributed by atoms with Crippen LogP contribution in [0.3, 0.4) is 0 Å². The van der Waals surface area contributed by atoms with E-state index >= 15 is 0 Å². The number of halogens is 3. The lowest BCUT2D eigenvalue weighted by Gasteiger charge is -2.11. The Morgan fingerprint density at radius 1 is 1.12 bits per heavy atom. The van der Waals surface area contributed by atoms with Crippen LogP contribution in [0.1, 0.15) is 5.69 Å². The van der Waals surface area contributed by atoms with Crippen molar-refractivity contribution in [2.75, 3.05) is 0 Å². The van der Waals surface area contributed by atoms with E-state index in [9.17, 15) is 22.8 Å². The van der Waals surface area contributed by atoms with Crippen LogP contribution in [0.4, 0.5) is 18.0 Å². The topological polar surface area (TPSA) is 60.3 Å². The summed E-state index contributed by atoms with van der Waals surface area (Å²) in [5.41, 5.74) is 1.18. The Bertz CT molecular complexity index is 825. The molecule has 1 saturated heterocycles. The smallest absolute Gasteiger partial charge is 0.406 e. The first-order valence-corrected chi connectivity index (χ1v) is 7.42. The molecule has 0 spiro atoms. The Morgan fingerprint density at radius 2 is 1.83 bits per heavy atom. The van der Waals surface area contributed by atoms with E-state index in [-0.39, 0.29) is 10.7 Å². The van der Waals surface area contributed by atoms with Gasteiger partial charge in [0.15, 0.2) is 0 Å². The first kappa shape index (κ1) is 16.2. The van der Waals surface area contributed by atoms with Gasteiger partial charge in [-0.1, -0.05) is 0 Å². The number of hydrogen-bond donors (Lipinski definition) is 1. The van der Waals surface area contributed by atoms with Gasteiger partial charge < -0.3 is 9.30 Å². The minimum atomic E-state index is -4.75. The molecule has 2 aromatic rings. The van der Waals surface area contributed by atoms with Gasteiger partial charge >= 0.3 is 6.36 Å². The molecule has 24 heavy (non-hydrogen) atoms. The summed E-state index contributed by atoms with van der Waals surface area (Å²) in [5, 5.41) is 1.71. The van der Waals surface area contributed by atoms with Crippen LogP contribution in [0.25, 0.3) is 11.8 Å². The molecule has 5 nitrogen and oxygen atoms in total. The molecule has 124 valence electrons. The van der Waals surface area contributed by atoms with Gasteiger partial charge in [-0.3, -0.25) is 14.9 Å². The van der Waals surface area contributed by atoms with Gasteiger partial charge in [-0.15, -0.1) is 13.2 Å². The lowest BCUT2D eigenvalue weighted by atomic mass is 10.3. The molecule has 0 radical (unpaired) electrons. The number of carbonyl (C=O) groups is 2. The lowest BCUT2D eigenvalue weighted by Crippen LogP contribution is -2.17. The predicted octanol–water partition coefficient (Wildman–Crippen LogP) is 3.70. The summed E-state index contributed by atoms with van der Waals surface area (Å²) < 4.78 is 42.0. The highest BCUT2D eigenvalue weighted by molar-refractivity contribution is 8.18. The van der Waals surface area contributed by atoms with Gasteiger partial charge in [-0.2, -0.15) is 0 Å². The first-order chi connectivity index (χ1) is 11.3. The zero-order chi connectivity index (χ0) is 17.3. The first-order valence-electron chi connectivity index (χ1n) is 6.60. The average Bonchev–Trinajstić information content (AvgIpc) is 3.05. The number of benzene rings is 1. The summed E-state index contributed by atoms with van der Waals surface area (Å²) in [4.78, 5) is 23.0. The van der Waals surface area contributed by atoms with Crippen LogP contribution < -0.4 is 10.1 Å². The number of hydrogen-bond acceptors (Lipinski definition) is 4. The summed E-state index contributed by atoms with van der Waals surface area (Å²) in [6, 6.07) is 8.72. The summed E-state index contributed by atoms with van der Waals surface area (Å²) in [7, 11) is 0. The van der Waals surface area contributed by atoms with E-state index in [1.54, 1.807) is 22.9 Å². The standard InChI is InChI=1S/C15H9F3N2O3S/c16-15(17,18)23-11-5-3-9(4-6-11)20-7-1-2-10(20)8-12-13(21)19-14(22)24-12/h1-8H,(H,19,21,22)/b12-8-. The van der Waals surface area contributed by atoms with Gasteiger partial charge in [0.25, 0.3) is 11.1 Å². The number of nitrogens with zero attached hydrogens (tertiary/aromatic N) is 1. The van der Waals surface area contributed by atoms with Crippen LogP contribution in [0.2, 0.25) is 0 Å². The van der Waals surface area contributed by atoms with E-state index in [1.165, 1.54) is 30.3 Å². The molecule has 1 aliphatic rings. The molecule has 3 rings (SSSR count). The molecule has 0 bridgehead atoms. The summed E-state index contributed by atoms with van der Waals surface area (Å²) in [6.45, 7) is 0. The molecule has 0 saturated carbocycles. The van der Waals surface area contributed by atoms with Crippen molar-refractivity contribution in [3.63, 3.8) is 0 Å². The zero-order valence-corrected chi connectivity index (χ0v) is 12.6. The molecule has 1 N–H and O–H groups in total. The van der Waals surface area contributed by atoms with E-state index in [4.69, 9.17) is 0 Å². The van der Waals surface area contributed by atoms with Gasteiger partial charge in [0, 0.05) is 17.6 Å². The molecule has 0 unspecified atom stereocenters. The molecule has 2 amide bonds. The van der Waals surface area contributed by atoms with Crippen molar-refractivity contribution in [3.8, 4) is 11.4 Å². The van der Waals surface area contributed by atoms with E-state index in [0.29, 0.717) is 11.4 Å². The van der Waals surface area contributed by atoms with E-state index in [0.717, 1.165) is 11.8 Å². The quantitative estimate of drug-likeness (QED) is 0.854. The van der Waals surface area contributed by atoms with Crippen LogP contribution in [-0.4, -0.2) is 22.1 Å². The summed E-state index contributed by atoms with van der Waals surface area (Å²) >= 11 is 0.788. The van der Waals surface area contributed by atoms with Crippen molar-refractivity contribution >= 4 is 29.0 Å². The molecule has 2 heterocycles. The van der Waals surface area contributed by atoms with Crippen molar-refractivity contribution < 1.29 is 27.5 Å². The van der Waals surface area contributed by atoms with Crippen LogP contribution in [-0.2, 0) is 4.79 Å². The Hall–Kier alpha value is -2.68. The van der Waals surface area contributed by atoms with Crippen molar-refractivity contribution in [1.82, 2.24) is 9.88 Å². The van der Waals surface area contributed by atoms with Gasteiger partial charge in [0.05, 0.1) is 4.91 Å². The SMILES string of the molecule is O=C1NC(=O)/C(=C/c2cccn2-c2ccc(OC(F)(F)F)cc2)S1. The number of alkyl halides is 3. The third-order valence-corrected chi connectivity index (χ3v) is 3.86. The van der Waals surface area contributed by atoms with Crippen LogP contribution >= 0.6 is 11.8 Å². The Balaban J connectivity index is 1.87. The predicted molar refractivity (Wildman–Crippen MR) is 81.6 cm³/mol. The van der Waals surface area contributed by atoms with Crippen molar-refractivity contribution in [3.05, 3.63) is 53.2 Å². The second-order valence-corrected chi connectivity index (χ2v) is 5.71. The molecule has 1 aliphatic heterocycles. The van der Waals surface area contributed by atoms with Crippen molar-refractivity contribution in [2.24, 2.45) is 0 Å². The maximum Gasteiger partial charge on any atom is 0.573 e. The summed E-state index contributed by atoms with van der Waals surface area (Å²) in [6.07, 6.45) is -1.53. The van der Waals surface area contributed by atoms with Crippen LogP contribution in [0, 0.1) is 0 Å². The van der Waals surface area contributed by atoms with Crippen molar-refractivity contribution in [1.29, 1.82) is 0 Å². The fourth-order valence-electron chi connectivity index (χ4n) is 2.11. The van der Waals surface area contributed by atoms with Crippen LogP contribution in [0.5, 0.6) is 5.75 Å². The molecular formula is C15H9F3N2O3S. The van der Waals surface area contributed by atoms with Crippen molar-refractivity contribution in [2.45, 2.75) is 6.36 Å². The second-order valence-electron chi connectivity index (χ2n) is 4.70. The van der Waals surface area contributed by atoms with Crippen LogP contribution in [0.15, 0.2) is 47.5 Å². The zero-order valence-electron chi connectivity index (χ0n) is 11.8. The number of thioether (sulfide) groups is 1. The molecule has 0 atom stereocenters. The monoisotopic (exact) mass is 354 g/mol. The normalized spacial score (nSPS) is 16.5. The molecule has 1 fully saturated rings. The average molecular weight is 354 g/mol. The van der Waals surface area contributed by atoms with Gasteiger partial charge in [0.1, 0.15) is 5.75 Å². The number of rotatable bonds is 3. The molecule has 0 aliphatic carbocycles. The van der Waals surface area contributed by atoms with Gasteiger partial charge in [0.2, 0.25) is 0 Å². The molecule has 9 heteroatoms. The molecular weight excluding hydrogens is 345 g/mol.